The number of sulfonamides is 1. The minimum atomic E-state index is -3.81. The number of hydrogen-bond acceptors (Lipinski definition) is 5. The molecular weight excluding hydrogens is 463 g/mol. The lowest BCUT2D eigenvalue weighted by Crippen LogP contribution is -2.53. The first-order valence-electron chi connectivity index (χ1n) is 11.0. The molecule has 1 unspecified atom stereocenters. The highest BCUT2D eigenvalue weighted by Gasteiger charge is 2.55. The van der Waals surface area contributed by atoms with Crippen molar-refractivity contribution in [1.29, 1.82) is 0 Å². The van der Waals surface area contributed by atoms with E-state index >= 15 is 0 Å². The largest absolute Gasteiger partial charge is 0.338 e. The van der Waals surface area contributed by atoms with Crippen LogP contribution in [0.4, 0.5) is 9.18 Å². The van der Waals surface area contributed by atoms with Gasteiger partial charge < -0.3 is 10.2 Å². The van der Waals surface area contributed by atoms with Crippen molar-refractivity contribution in [2.45, 2.75) is 23.3 Å². The predicted octanol–water partition coefficient (Wildman–Crippen LogP) is 1.05. The van der Waals surface area contributed by atoms with Crippen LogP contribution in [0.15, 0.2) is 53.4 Å². The van der Waals surface area contributed by atoms with Crippen LogP contribution in [0, 0.1) is 5.82 Å². The van der Waals surface area contributed by atoms with E-state index in [9.17, 15) is 27.2 Å². The van der Waals surface area contributed by atoms with Gasteiger partial charge in [0.25, 0.3) is 5.91 Å². The van der Waals surface area contributed by atoms with Crippen molar-refractivity contribution < 1.29 is 27.2 Å². The first-order valence-corrected chi connectivity index (χ1v) is 12.4. The molecule has 1 N–H and O–H groups in total. The van der Waals surface area contributed by atoms with Gasteiger partial charge in [-0.15, -0.1) is 0 Å². The quantitative estimate of drug-likeness (QED) is 0.651. The van der Waals surface area contributed by atoms with Gasteiger partial charge in [-0.05, 0) is 48.2 Å². The van der Waals surface area contributed by atoms with Crippen molar-refractivity contribution in [2.75, 3.05) is 32.7 Å². The number of urea groups is 1. The van der Waals surface area contributed by atoms with Crippen LogP contribution in [0.2, 0.25) is 0 Å². The van der Waals surface area contributed by atoms with Crippen molar-refractivity contribution in [2.24, 2.45) is 0 Å². The molecule has 34 heavy (non-hydrogen) atoms. The molecule has 1 aliphatic carbocycles. The summed E-state index contributed by atoms with van der Waals surface area (Å²) in [5, 5.41) is 2.80. The van der Waals surface area contributed by atoms with Gasteiger partial charge >= 0.3 is 6.03 Å². The average Bonchev–Trinajstić information content (AvgIpc) is 3.32. The number of fused-ring (bicyclic) bond motifs is 2. The van der Waals surface area contributed by atoms with E-state index in [-0.39, 0.29) is 31.1 Å². The first kappa shape index (κ1) is 22.5. The van der Waals surface area contributed by atoms with E-state index in [1.54, 1.807) is 0 Å². The fourth-order valence-corrected chi connectivity index (χ4v) is 6.32. The fraction of sp³-hybridized carbons (Fsp3) is 0.348. The summed E-state index contributed by atoms with van der Waals surface area (Å²) >= 11 is 0. The van der Waals surface area contributed by atoms with E-state index in [1.807, 2.05) is 24.3 Å². The molecule has 1 spiro atoms. The fourth-order valence-electron chi connectivity index (χ4n) is 4.90. The summed E-state index contributed by atoms with van der Waals surface area (Å²) in [7, 11) is -3.81. The predicted molar refractivity (Wildman–Crippen MR) is 118 cm³/mol. The van der Waals surface area contributed by atoms with E-state index in [0.717, 1.165) is 28.2 Å². The van der Waals surface area contributed by atoms with E-state index in [0.29, 0.717) is 12.8 Å². The maximum absolute atomic E-state index is 13.2. The maximum atomic E-state index is 13.2. The number of imide groups is 1. The molecule has 0 aromatic heterocycles. The third kappa shape index (κ3) is 3.55. The molecule has 9 nitrogen and oxygen atoms in total. The Morgan fingerprint density at radius 3 is 2.38 bits per heavy atom. The first-order chi connectivity index (χ1) is 16.2. The van der Waals surface area contributed by atoms with Crippen LogP contribution in [0.25, 0.3) is 0 Å². The average molecular weight is 487 g/mol. The van der Waals surface area contributed by atoms with E-state index in [2.05, 4.69) is 5.32 Å². The van der Waals surface area contributed by atoms with Crippen molar-refractivity contribution in [3.63, 3.8) is 0 Å². The number of carbonyl (C=O) groups is 3. The molecule has 0 bridgehead atoms. The number of aryl methyl sites for hydroxylation is 1. The van der Waals surface area contributed by atoms with Gasteiger partial charge in [0.1, 0.15) is 17.9 Å². The molecule has 2 aromatic carbocycles. The molecule has 2 saturated heterocycles. The second-order valence-corrected chi connectivity index (χ2v) is 10.6. The van der Waals surface area contributed by atoms with E-state index < -0.39 is 45.8 Å². The Kier molecular flexibility index (Phi) is 5.40. The number of hydrogen-bond donors (Lipinski definition) is 1. The summed E-state index contributed by atoms with van der Waals surface area (Å²) in [5.74, 6) is -1.39. The highest BCUT2D eigenvalue weighted by atomic mass is 32.2. The van der Waals surface area contributed by atoms with Gasteiger partial charge in [0.15, 0.2) is 0 Å². The second-order valence-electron chi connectivity index (χ2n) is 8.62. The van der Waals surface area contributed by atoms with Crippen molar-refractivity contribution in [3.05, 3.63) is 65.5 Å². The van der Waals surface area contributed by atoms with Crippen LogP contribution in [-0.4, -0.2) is 73.1 Å². The summed E-state index contributed by atoms with van der Waals surface area (Å²) in [6.07, 6.45) is 1.11. The molecule has 5 rings (SSSR count). The van der Waals surface area contributed by atoms with Crippen LogP contribution in [0.3, 0.4) is 0 Å². The topological polar surface area (TPSA) is 107 Å². The molecule has 4 amide bonds. The van der Waals surface area contributed by atoms with E-state index in [4.69, 9.17) is 0 Å². The van der Waals surface area contributed by atoms with Crippen LogP contribution in [0.5, 0.6) is 0 Å². The standard InChI is InChI=1S/C23H23FN4O5S/c24-17-5-7-18(8-6-17)34(32,33)27-13-11-26(12-14-27)20(29)15-28-21(30)23(25-22(28)31)10-9-16-3-1-2-4-19(16)23/h1-8H,9-15H2,(H,25,31). The molecule has 11 heteroatoms. The molecule has 2 fully saturated rings. The summed E-state index contributed by atoms with van der Waals surface area (Å²) in [6.45, 7) is -0.0428. The number of amides is 4. The van der Waals surface area contributed by atoms with E-state index in [1.165, 1.54) is 21.3 Å². The minimum Gasteiger partial charge on any atom is -0.338 e. The molecule has 3 aliphatic rings. The number of nitrogens with zero attached hydrogens (tertiary/aromatic N) is 3. The van der Waals surface area contributed by atoms with Gasteiger partial charge in [0, 0.05) is 26.2 Å². The number of piperazine rings is 1. The van der Waals surface area contributed by atoms with Gasteiger partial charge in [-0.3, -0.25) is 14.5 Å². The highest BCUT2D eigenvalue weighted by molar-refractivity contribution is 7.89. The van der Waals surface area contributed by atoms with Crippen molar-refractivity contribution in [3.8, 4) is 0 Å². The zero-order valence-electron chi connectivity index (χ0n) is 18.2. The normalized spacial score (nSPS) is 22.9. The summed E-state index contributed by atoms with van der Waals surface area (Å²) in [5.41, 5.74) is 0.640. The zero-order chi connectivity index (χ0) is 24.1. The third-order valence-corrected chi connectivity index (χ3v) is 8.67. The molecule has 2 aliphatic heterocycles. The lowest BCUT2D eigenvalue weighted by Gasteiger charge is -2.34. The van der Waals surface area contributed by atoms with Gasteiger partial charge in [-0.1, -0.05) is 24.3 Å². The Hall–Kier alpha value is -3.31. The minimum absolute atomic E-state index is 0.0184. The number of rotatable bonds is 4. The summed E-state index contributed by atoms with van der Waals surface area (Å²) < 4.78 is 39.9. The summed E-state index contributed by atoms with van der Waals surface area (Å²) in [4.78, 5) is 41.2. The molecule has 0 radical (unpaired) electrons. The monoisotopic (exact) mass is 486 g/mol. The molecule has 178 valence electrons. The van der Waals surface area contributed by atoms with Crippen LogP contribution >= 0.6 is 0 Å². The van der Waals surface area contributed by atoms with Crippen molar-refractivity contribution in [1.82, 2.24) is 19.4 Å². The molecular formula is C23H23FN4O5S. The van der Waals surface area contributed by atoms with Crippen LogP contribution < -0.4 is 5.32 Å². The van der Waals surface area contributed by atoms with Gasteiger partial charge in [-0.2, -0.15) is 4.31 Å². The van der Waals surface area contributed by atoms with Crippen LogP contribution in [0.1, 0.15) is 17.5 Å². The highest BCUT2D eigenvalue weighted by Crippen LogP contribution is 2.41. The maximum Gasteiger partial charge on any atom is 0.325 e. The number of nitrogens with one attached hydrogen (secondary N) is 1. The Morgan fingerprint density at radius 1 is 1.00 bits per heavy atom. The number of halogens is 1. The lowest BCUT2D eigenvalue weighted by molar-refractivity contribution is -0.139. The molecule has 0 saturated carbocycles. The van der Waals surface area contributed by atoms with Gasteiger partial charge in [0.05, 0.1) is 4.90 Å². The number of carbonyl (C=O) groups excluding carboxylic acids is 3. The molecule has 1 atom stereocenters. The number of benzene rings is 2. The van der Waals surface area contributed by atoms with Gasteiger partial charge in [-0.25, -0.2) is 17.6 Å². The van der Waals surface area contributed by atoms with Crippen LogP contribution in [-0.2, 0) is 31.6 Å². The molecule has 2 heterocycles. The Bertz CT molecular complexity index is 1270. The smallest absolute Gasteiger partial charge is 0.325 e. The molecule has 2 aromatic rings. The van der Waals surface area contributed by atoms with Crippen molar-refractivity contribution >= 4 is 27.9 Å². The van der Waals surface area contributed by atoms with Gasteiger partial charge in [0.2, 0.25) is 15.9 Å². The third-order valence-electron chi connectivity index (χ3n) is 6.76. The zero-order valence-corrected chi connectivity index (χ0v) is 19.1. The Labute approximate surface area is 196 Å². The summed E-state index contributed by atoms with van der Waals surface area (Å²) in [6, 6.07) is 11.4. The lowest BCUT2D eigenvalue weighted by atomic mass is 9.92. The Morgan fingerprint density at radius 2 is 1.68 bits per heavy atom. The second kappa shape index (κ2) is 8.17. The Balaban J connectivity index is 1.24. The SMILES string of the molecule is O=C(CN1C(=O)NC2(CCc3ccccc32)C1=O)N1CCN(S(=O)(=O)c2ccc(F)cc2)CC1.